The van der Waals surface area contributed by atoms with Crippen molar-refractivity contribution in [2.24, 2.45) is 0 Å². The summed E-state index contributed by atoms with van der Waals surface area (Å²) in [6.45, 7) is 5.11. The Morgan fingerprint density at radius 3 is 2.95 bits per heavy atom. The van der Waals surface area contributed by atoms with Crippen LogP contribution in [0.15, 0.2) is 23.6 Å². The SMILES string of the molecule is CCNCc1nc(-c2ccc3c(c2)OCCO3)cs1. The minimum atomic E-state index is 0.610. The van der Waals surface area contributed by atoms with Crippen LogP contribution in [0.5, 0.6) is 11.5 Å². The van der Waals surface area contributed by atoms with Gasteiger partial charge >= 0.3 is 0 Å². The summed E-state index contributed by atoms with van der Waals surface area (Å²) in [7, 11) is 0. The third kappa shape index (κ3) is 2.72. The molecule has 1 aromatic heterocycles. The topological polar surface area (TPSA) is 43.4 Å². The lowest BCUT2D eigenvalue weighted by Gasteiger charge is -2.18. The molecule has 1 aliphatic rings. The number of rotatable bonds is 4. The van der Waals surface area contributed by atoms with Crippen LogP contribution in [0.1, 0.15) is 11.9 Å². The molecule has 0 saturated heterocycles. The maximum atomic E-state index is 5.60. The molecule has 3 rings (SSSR count). The van der Waals surface area contributed by atoms with Gasteiger partial charge in [0.25, 0.3) is 0 Å². The summed E-state index contributed by atoms with van der Waals surface area (Å²) in [5.74, 6) is 1.63. The number of nitrogens with zero attached hydrogens (tertiary/aromatic N) is 1. The lowest BCUT2D eigenvalue weighted by molar-refractivity contribution is 0.171. The maximum Gasteiger partial charge on any atom is 0.162 e. The van der Waals surface area contributed by atoms with E-state index in [2.05, 4.69) is 22.6 Å². The van der Waals surface area contributed by atoms with Gasteiger partial charge in [0.15, 0.2) is 11.5 Å². The molecule has 0 atom stereocenters. The van der Waals surface area contributed by atoms with E-state index < -0.39 is 0 Å². The average Bonchev–Trinajstić information content (AvgIpc) is 2.93. The lowest BCUT2D eigenvalue weighted by Crippen LogP contribution is -2.15. The molecule has 0 bridgehead atoms. The third-order valence-electron chi connectivity index (χ3n) is 2.92. The van der Waals surface area contributed by atoms with Crippen molar-refractivity contribution >= 4 is 11.3 Å². The van der Waals surface area contributed by atoms with Gasteiger partial charge in [0.2, 0.25) is 0 Å². The molecule has 0 fully saturated rings. The van der Waals surface area contributed by atoms with Gasteiger partial charge in [0.05, 0.1) is 5.69 Å². The standard InChI is InChI=1S/C14H16N2O2S/c1-2-15-8-14-16-11(9-19-14)10-3-4-12-13(7-10)18-6-5-17-12/h3-4,7,9,15H,2,5-6,8H2,1H3. The summed E-state index contributed by atoms with van der Waals surface area (Å²) in [6, 6.07) is 5.98. The van der Waals surface area contributed by atoms with E-state index in [1.165, 1.54) is 0 Å². The van der Waals surface area contributed by atoms with E-state index in [4.69, 9.17) is 9.47 Å². The largest absolute Gasteiger partial charge is 0.486 e. The maximum absolute atomic E-state index is 5.60. The highest BCUT2D eigenvalue weighted by molar-refractivity contribution is 7.09. The highest BCUT2D eigenvalue weighted by Crippen LogP contribution is 2.34. The van der Waals surface area contributed by atoms with E-state index in [0.29, 0.717) is 13.2 Å². The number of thiazole rings is 1. The number of benzene rings is 1. The van der Waals surface area contributed by atoms with Crippen LogP contribution in [0.2, 0.25) is 0 Å². The fourth-order valence-electron chi connectivity index (χ4n) is 1.96. The third-order valence-corrected chi connectivity index (χ3v) is 3.76. The Morgan fingerprint density at radius 1 is 1.26 bits per heavy atom. The van der Waals surface area contributed by atoms with Gasteiger partial charge in [-0.05, 0) is 24.7 Å². The van der Waals surface area contributed by atoms with Crippen molar-refractivity contribution < 1.29 is 9.47 Å². The van der Waals surface area contributed by atoms with E-state index in [1.807, 2.05) is 18.2 Å². The number of fused-ring (bicyclic) bond motifs is 1. The van der Waals surface area contributed by atoms with Gasteiger partial charge in [0.1, 0.15) is 18.2 Å². The van der Waals surface area contributed by atoms with Crippen molar-refractivity contribution in [3.63, 3.8) is 0 Å². The fraction of sp³-hybridized carbons (Fsp3) is 0.357. The molecule has 4 nitrogen and oxygen atoms in total. The molecule has 0 saturated carbocycles. The van der Waals surface area contributed by atoms with Gasteiger partial charge in [-0.15, -0.1) is 11.3 Å². The monoisotopic (exact) mass is 276 g/mol. The first-order valence-electron chi connectivity index (χ1n) is 6.42. The van der Waals surface area contributed by atoms with E-state index in [9.17, 15) is 0 Å². The molecule has 0 aliphatic carbocycles. The second kappa shape index (κ2) is 5.59. The lowest BCUT2D eigenvalue weighted by atomic mass is 10.1. The van der Waals surface area contributed by atoms with E-state index in [-0.39, 0.29) is 0 Å². The highest BCUT2D eigenvalue weighted by atomic mass is 32.1. The number of nitrogens with one attached hydrogen (secondary N) is 1. The minimum Gasteiger partial charge on any atom is -0.486 e. The van der Waals surface area contributed by atoms with Crippen molar-refractivity contribution in [2.75, 3.05) is 19.8 Å². The Hall–Kier alpha value is -1.59. The first-order valence-corrected chi connectivity index (χ1v) is 7.30. The molecule has 2 heterocycles. The van der Waals surface area contributed by atoms with E-state index in [0.717, 1.165) is 40.9 Å². The van der Waals surface area contributed by atoms with E-state index >= 15 is 0 Å². The number of ether oxygens (including phenoxy) is 2. The Bertz CT molecular complexity index is 568. The second-order valence-corrected chi connectivity index (χ2v) is 5.21. The Morgan fingerprint density at radius 2 is 2.11 bits per heavy atom. The molecule has 0 radical (unpaired) electrons. The number of aromatic nitrogens is 1. The molecule has 1 aromatic carbocycles. The second-order valence-electron chi connectivity index (χ2n) is 4.27. The summed E-state index contributed by atoms with van der Waals surface area (Å²) in [4.78, 5) is 4.63. The predicted molar refractivity (Wildman–Crippen MR) is 75.9 cm³/mol. The summed E-state index contributed by atoms with van der Waals surface area (Å²) in [5.41, 5.74) is 2.07. The van der Waals surface area contributed by atoms with Crippen LogP contribution in [0.4, 0.5) is 0 Å². The van der Waals surface area contributed by atoms with Crippen molar-refractivity contribution in [1.29, 1.82) is 0 Å². The van der Waals surface area contributed by atoms with Crippen LogP contribution >= 0.6 is 11.3 Å². The number of hydrogen-bond acceptors (Lipinski definition) is 5. The molecular formula is C14H16N2O2S. The van der Waals surface area contributed by atoms with Gasteiger partial charge in [-0.2, -0.15) is 0 Å². The zero-order valence-corrected chi connectivity index (χ0v) is 11.6. The van der Waals surface area contributed by atoms with Crippen molar-refractivity contribution in [3.05, 3.63) is 28.6 Å². The molecular weight excluding hydrogens is 260 g/mol. The average molecular weight is 276 g/mol. The van der Waals surface area contributed by atoms with Crippen LogP contribution in [0.3, 0.4) is 0 Å². The summed E-state index contributed by atoms with van der Waals surface area (Å²) >= 11 is 1.68. The van der Waals surface area contributed by atoms with Crippen LogP contribution in [-0.4, -0.2) is 24.7 Å². The molecule has 1 N–H and O–H groups in total. The Kier molecular flexibility index (Phi) is 3.66. The fourth-order valence-corrected chi connectivity index (χ4v) is 2.73. The number of hydrogen-bond donors (Lipinski definition) is 1. The minimum absolute atomic E-state index is 0.610. The van der Waals surface area contributed by atoms with Crippen LogP contribution in [0.25, 0.3) is 11.3 Å². The normalized spacial score (nSPS) is 13.5. The smallest absolute Gasteiger partial charge is 0.162 e. The van der Waals surface area contributed by atoms with Gasteiger partial charge in [-0.3, -0.25) is 0 Å². The molecule has 0 spiro atoms. The van der Waals surface area contributed by atoms with Crippen LogP contribution in [0, 0.1) is 0 Å². The molecule has 5 heteroatoms. The zero-order chi connectivity index (χ0) is 13.1. The van der Waals surface area contributed by atoms with Gasteiger partial charge in [-0.25, -0.2) is 4.98 Å². The van der Waals surface area contributed by atoms with Gasteiger partial charge in [-0.1, -0.05) is 6.92 Å². The molecule has 2 aromatic rings. The molecule has 1 aliphatic heterocycles. The summed E-state index contributed by atoms with van der Waals surface area (Å²) < 4.78 is 11.1. The molecule has 0 unspecified atom stereocenters. The van der Waals surface area contributed by atoms with E-state index in [1.54, 1.807) is 11.3 Å². The van der Waals surface area contributed by atoms with Crippen molar-refractivity contribution in [2.45, 2.75) is 13.5 Å². The van der Waals surface area contributed by atoms with Gasteiger partial charge in [0, 0.05) is 17.5 Å². The van der Waals surface area contributed by atoms with Crippen molar-refractivity contribution in [3.8, 4) is 22.8 Å². The van der Waals surface area contributed by atoms with Crippen LogP contribution < -0.4 is 14.8 Å². The first kappa shape index (κ1) is 12.4. The molecule has 0 amide bonds. The first-order chi connectivity index (χ1) is 9.36. The Labute approximate surface area is 116 Å². The summed E-state index contributed by atoms with van der Waals surface area (Å²) in [6.07, 6.45) is 0. The quantitative estimate of drug-likeness (QED) is 0.932. The molecule has 19 heavy (non-hydrogen) atoms. The predicted octanol–water partition coefficient (Wildman–Crippen LogP) is 2.69. The highest BCUT2D eigenvalue weighted by Gasteiger charge is 2.13. The van der Waals surface area contributed by atoms with Crippen molar-refractivity contribution in [1.82, 2.24) is 10.3 Å². The van der Waals surface area contributed by atoms with Crippen LogP contribution in [-0.2, 0) is 6.54 Å². The zero-order valence-electron chi connectivity index (χ0n) is 10.8. The Balaban J connectivity index is 1.83. The van der Waals surface area contributed by atoms with Gasteiger partial charge < -0.3 is 14.8 Å². The summed E-state index contributed by atoms with van der Waals surface area (Å²) in [5, 5.41) is 6.47. The molecule has 100 valence electrons.